The molecule has 0 fully saturated rings. The van der Waals surface area contributed by atoms with Crippen molar-refractivity contribution in [2.75, 3.05) is 0 Å². The van der Waals surface area contributed by atoms with E-state index in [1.165, 1.54) is 10.9 Å². The lowest BCUT2D eigenvalue weighted by Gasteiger charge is -2.05. The van der Waals surface area contributed by atoms with Gasteiger partial charge >= 0.3 is 5.97 Å². The highest BCUT2D eigenvalue weighted by molar-refractivity contribution is 9.10. The first-order valence-electron chi connectivity index (χ1n) is 5.07. The van der Waals surface area contributed by atoms with Crippen molar-refractivity contribution >= 4 is 28.2 Å². The minimum atomic E-state index is -1.22. The topological polar surface area (TPSA) is 72.2 Å². The maximum atomic E-state index is 10.9. The zero-order chi connectivity index (χ0) is 13.3. The molecule has 0 aliphatic rings. The van der Waals surface area contributed by atoms with Crippen LogP contribution in [-0.2, 0) is 0 Å². The second-order valence-corrected chi connectivity index (χ2v) is 4.65. The Kier molecular flexibility index (Phi) is 3.29. The summed E-state index contributed by atoms with van der Waals surface area (Å²) in [6, 6.07) is 5.51. The van der Waals surface area contributed by atoms with Gasteiger partial charge in [-0.3, -0.25) is 4.79 Å². The van der Waals surface area contributed by atoms with Gasteiger partial charge in [0.05, 0.1) is 11.3 Å². The number of carbonyl (C=O) groups excluding carboxylic acids is 1. The average molecular weight is 309 g/mol. The molecule has 0 saturated carbocycles. The minimum Gasteiger partial charge on any atom is -0.476 e. The molecule has 0 spiro atoms. The molecule has 0 radical (unpaired) electrons. The Morgan fingerprint density at radius 1 is 1.50 bits per heavy atom. The van der Waals surface area contributed by atoms with E-state index < -0.39 is 5.97 Å². The van der Waals surface area contributed by atoms with Gasteiger partial charge in [0.2, 0.25) is 0 Å². The molecule has 0 amide bonds. The Hall–Kier alpha value is -1.95. The zero-order valence-electron chi connectivity index (χ0n) is 9.42. The molecular formula is C12H9BrN2O3. The van der Waals surface area contributed by atoms with Crippen molar-refractivity contribution in [3.05, 3.63) is 45.7 Å². The summed E-state index contributed by atoms with van der Waals surface area (Å²) < 4.78 is 2.32. The van der Waals surface area contributed by atoms with E-state index in [-0.39, 0.29) is 11.3 Å². The number of hydrogen-bond acceptors (Lipinski definition) is 3. The van der Waals surface area contributed by atoms with Gasteiger partial charge in [0.1, 0.15) is 0 Å². The van der Waals surface area contributed by atoms with Gasteiger partial charge in [0, 0.05) is 10.7 Å². The van der Waals surface area contributed by atoms with Crippen molar-refractivity contribution in [1.82, 2.24) is 9.78 Å². The Bertz CT molecular complexity index is 634. The number of carbonyl (C=O) groups is 2. The predicted octanol–water partition coefficient (Wildman–Crippen LogP) is 2.45. The molecule has 0 bridgehead atoms. The number of carboxylic acid groups (broad SMARTS) is 1. The summed E-state index contributed by atoms with van der Waals surface area (Å²) in [4.78, 5) is 21.7. The van der Waals surface area contributed by atoms with Gasteiger partial charge in [-0.05, 0) is 30.7 Å². The maximum absolute atomic E-state index is 10.9. The highest BCUT2D eigenvalue weighted by Gasteiger charge is 2.16. The first-order valence-corrected chi connectivity index (χ1v) is 5.87. The first kappa shape index (κ1) is 12.5. The van der Waals surface area contributed by atoms with E-state index in [0.29, 0.717) is 6.29 Å². The second-order valence-electron chi connectivity index (χ2n) is 3.73. The van der Waals surface area contributed by atoms with Crippen molar-refractivity contribution in [3.63, 3.8) is 0 Å². The summed E-state index contributed by atoms with van der Waals surface area (Å²) in [5.41, 5.74) is 1.47. The first-order chi connectivity index (χ1) is 8.52. The van der Waals surface area contributed by atoms with Crippen LogP contribution in [-0.4, -0.2) is 27.1 Å². The highest BCUT2D eigenvalue weighted by Crippen LogP contribution is 2.20. The molecule has 1 heterocycles. The molecule has 0 aliphatic heterocycles. The van der Waals surface area contributed by atoms with E-state index in [2.05, 4.69) is 21.0 Å². The number of aldehydes is 1. The number of aromatic nitrogens is 2. The molecule has 2 rings (SSSR count). The Morgan fingerprint density at radius 3 is 2.72 bits per heavy atom. The Balaban J connectivity index is 2.58. The summed E-state index contributed by atoms with van der Waals surface area (Å²) in [7, 11) is 0. The van der Waals surface area contributed by atoms with Crippen LogP contribution in [0.1, 0.15) is 26.4 Å². The van der Waals surface area contributed by atoms with Crippen LogP contribution in [0.15, 0.2) is 28.9 Å². The SMILES string of the molecule is Cc1cc(Br)ccc1-n1cc(C=O)c(C(=O)O)n1. The summed E-state index contributed by atoms with van der Waals surface area (Å²) in [5.74, 6) is -1.22. The molecule has 2 aromatic rings. The Labute approximate surface area is 111 Å². The fraction of sp³-hybridized carbons (Fsp3) is 0.0833. The third-order valence-electron chi connectivity index (χ3n) is 2.48. The molecule has 0 unspecified atom stereocenters. The molecule has 6 heteroatoms. The minimum absolute atomic E-state index is 0.0600. The molecule has 92 valence electrons. The van der Waals surface area contributed by atoms with Gasteiger partial charge in [0.25, 0.3) is 0 Å². The molecule has 5 nitrogen and oxygen atoms in total. The monoisotopic (exact) mass is 308 g/mol. The van der Waals surface area contributed by atoms with Crippen LogP contribution in [0.2, 0.25) is 0 Å². The van der Waals surface area contributed by atoms with Gasteiger partial charge in [-0.2, -0.15) is 5.10 Å². The Morgan fingerprint density at radius 2 is 2.22 bits per heavy atom. The number of benzene rings is 1. The van der Waals surface area contributed by atoms with Crippen molar-refractivity contribution < 1.29 is 14.7 Å². The number of rotatable bonds is 3. The lowest BCUT2D eigenvalue weighted by atomic mass is 10.2. The van der Waals surface area contributed by atoms with E-state index in [0.717, 1.165) is 15.7 Å². The number of hydrogen-bond donors (Lipinski definition) is 1. The highest BCUT2D eigenvalue weighted by atomic mass is 79.9. The van der Waals surface area contributed by atoms with E-state index in [4.69, 9.17) is 5.11 Å². The molecule has 1 N–H and O–H groups in total. The van der Waals surface area contributed by atoms with Gasteiger partial charge < -0.3 is 5.11 Å². The van der Waals surface area contributed by atoms with Crippen LogP contribution in [0.25, 0.3) is 5.69 Å². The number of aryl methyl sites for hydroxylation is 1. The molecule has 0 atom stereocenters. The van der Waals surface area contributed by atoms with Crippen LogP contribution >= 0.6 is 15.9 Å². The summed E-state index contributed by atoms with van der Waals surface area (Å²) >= 11 is 3.35. The number of aromatic carboxylic acids is 1. The van der Waals surface area contributed by atoms with Crippen molar-refractivity contribution in [2.24, 2.45) is 0 Å². The number of halogens is 1. The molecule has 0 saturated heterocycles. The van der Waals surface area contributed by atoms with E-state index in [1.807, 2.05) is 19.1 Å². The zero-order valence-corrected chi connectivity index (χ0v) is 11.0. The standard InChI is InChI=1S/C12H9BrN2O3/c1-7-4-9(13)2-3-10(7)15-5-8(6-16)11(14-15)12(17)18/h2-6H,1H3,(H,17,18). The summed E-state index contributed by atoms with van der Waals surface area (Å²) in [6.07, 6.45) is 1.90. The lowest BCUT2D eigenvalue weighted by Crippen LogP contribution is -2.03. The van der Waals surface area contributed by atoms with Crippen molar-refractivity contribution in [2.45, 2.75) is 6.92 Å². The summed E-state index contributed by atoms with van der Waals surface area (Å²) in [5, 5.41) is 12.8. The van der Waals surface area contributed by atoms with Gasteiger partial charge in [0.15, 0.2) is 12.0 Å². The van der Waals surface area contributed by atoms with Crippen LogP contribution in [0.4, 0.5) is 0 Å². The van der Waals surface area contributed by atoms with E-state index in [9.17, 15) is 9.59 Å². The lowest BCUT2D eigenvalue weighted by molar-refractivity contribution is 0.0687. The van der Waals surface area contributed by atoms with E-state index in [1.54, 1.807) is 6.07 Å². The average Bonchev–Trinajstić information content (AvgIpc) is 2.73. The largest absolute Gasteiger partial charge is 0.476 e. The molecule has 1 aromatic heterocycles. The predicted molar refractivity (Wildman–Crippen MR) is 68.3 cm³/mol. The fourth-order valence-corrected chi connectivity index (χ4v) is 2.11. The third kappa shape index (κ3) is 2.19. The normalized spacial score (nSPS) is 10.3. The quantitative estimate of drug-likeness (QED) is 0.884. The smallest absolute Gasteiger partial charge is 0.357 e. The number of nitrogens with zero attached hydrogens (tertiary/aromatic N) is 2. The van der Waals surface area contributed by atoms with Crippen LogP contribution < -0.4 is 0 Å². The fourth-order valence-electron chi connectivity index (χ4n) is 1.64. The van der Waals surface area contributed by atoms with Gasteiger partial charge in [-0.1, -0.05) is 15.9 Å². The van der Waals surface area contributed by atoms with Crippen LogP contribution in [0.3, 0.4) is 0 Å². The molecule has 18 heavy (non-hydrogen) atoms. The van der Waals surface area contributed by atoms with E-state index >= 15 is 0 Å². The van der Waals surface area contributed by atoms with Crippen molar-refractivity contribution in [3.8, 4) is 5.69 Å². The van der Waals surface area contributed by atoms with Crippen LogP contribution in [0, 0.1) is 6.92 Å². The van der Waals surface area contributed by atoms with Gasteiger partial charge in [-0.25, -0.2) is 9.48 Å². The maximum Gasteiger partial charge on any atom is 0.357 e. The molecule has 0 aliphatic carbocycles. The van der Waals surface area contributed by atoms with Gasteiger partial charge in [-0.15, -0.1) is 0 Å². The van der Waals surface area contributed by atoms with Crippen molar-refractivity contribution in [1.29, 1.82) is 0 Å². The molecule has 1 aromatic carbocycles. The summed E-state index contributed by atoms with van der Waals surface area (Å²) in [6.45, 7) is 1.88. The molecular weight excluding hydrogens is 300 g/mol. The number of carboxylic acids is 1. The second kappa shape index (κ2) is 4.73. The third-order valence-corrected chi connectivity index (χ3v) is 2.97. The van der Waals surface area contributed by atoms with Crippen LogP contribution in [0.5, 0.6) is 0 Å².